The first-order valence-electron chi connectivity index (χ1n) is 15.6. The SMILES string of the molecule is c1ccc(-c2ccc(-c3ccc4c(c3)N(c3ccc(-c5nc(-c6ccc7ccccc7c6)ns5)cc3)c3ccccc3O4)cc2)cc1. The number of fused-ring (bicyclic) bond motifs is 3. The van der Waals surface area contributed by atoms with E-state index in [-0.39, 0.29) is 0 Å². The minimum Gasteiger partial charge on any atom is -0.453 e. The molecule has 0 atom stereocenters. The molecule has 8 aromatic rings. The topological polar surface area (TPSA) is 38.2 Å². The van der Waals surface area contributed by atoms with Gasteiger partial charge in [-0.2, -0.15) is 4.37 Å². The van der Waals surface area contributed by atoms with Gasteiger partial charge in [0, 0.05) is 16.8 Å². The summed E-state index contributed by atoms with van der Waals surface area (Å²) in [4.78, 5) is 7.19. The van der Waals surface area contributed by atoms with E-state index < -0.39 is 0 Å². The molecule has 0 aliphatic carbocycles. The Hall–Kier alpha value is -6.04. The maximum absolute atomic E-state index is 6.40. The molecule has 0 spiro atoms. The first-order valence-corrected chi connectivity index (χ1v) is 16.3. The summed E-state index contributed by atoms with van der Waals surface area (Å²) < 4.78 is 11.1. The summed E-state index contributed by atoms with van der Waals surface area (Å²) in [5, 5.41) is 3.29. The summed E-state index contributed by atoms with van der Waals surface area (Å²) in [7, 11) is 0. The summed E-state index contributed by atoms with van der Waals surface area (Å²) >= 11 is 1.43. The molecule has 2 heterocycles. The number of nitrogens with zero attached hydrogens (tertiary/aromatic N) is 3. The Morgan fingerprint density at radius 2 is 1.06 bits per heavy atom. The van der Waals surface area contributed by atoms with E-state index in [2.05, 4.69) is 150 Å². The van der Waals surface area contributed by atoms with Crippen molar-refractivity contribution in [2.24, 2.45) is 0 Å². The van der Waals surface area contributed by atoms with E-state index in [0.29, 0.717) is 0 Å². The third kappa shape index (κ3) is 5.03. The molecule has 9 rings (SSSR count). The van der Waals surface area contributed by atoms with Gasteiger partial charge in [0.25, 0.3) is 0 Å². The highest BCUT2D eigenvalue weighted by molar-refractivity contribution is 7.09. The molecule has 1 aromatic heterocycles. The fraction of sp³-hybridized carbons (Fsp3) is 0. The number of rotatable bonds is 5. The molecule has 0 amide bonds. The van der Waals surface area contributed by atoms with Crippen molar-refractivity contribution in [3.63, 3.8) is 0 Å². The van der Waals surface area contributed by atoms with Crippen molar-refractivity contribution in [1.82, 2.24) is 9.36 Å². The van der Waals surface area contributed by atoms with Gasteiger partial charge in [-0.15, -0.1) is 0 Å². The highest BCUT2D eigenvalue weighted by Gasteiger charge is 2.26. The molecule has 222 valence electrons. The fourth-order valence-electron chi connectivity index (χ4n) is 6.24. The lowest BCUT2D eigenvalue weighted by Crippen LogP contribution is -2.15. The molecule has 47 heavy (non-hydrogen) atoms. The molecule has 0 saturated carbocycles. The van der Waals surface area contributed by atoms with E-state index in [1.807, 2.05) is 18.2 Å². The molecule has 7 aromatic carbocycles. The highest BCUT2D eigenvalue weighted by Crippen LogP contribution is 2.51. The van der Waals surface area contributed by atoms with Crippen LogP contribution in [-0.4, -0.2) is 9.36 Å². The average Bonchev–Trinajstić information content (AvgIpc) is 3.65. The first kappa shape index (κ1) is 27.3. The number of anilines is 3. The Kier molecular flexibility index (Phi) is 6.61. The van der Waals surface area contributed by atoms with Gasteiger partial charge >= 0.3 is 0 Å². The van der Waals surface area contributed by atoms with E-state index in [4.69, 9.17) is 14.1 Å². The maximum atomic E-state index is 6.40. The summed E-state index contributed by atoms with van der Waals surface area (Å²) in [5.41, 5.74) is 9.79. The summed E-state index contributed by atoms with van der Waals surface area (Å²) in [6, 6.07) is 57.1. The van der Waals surface area contributed by atoms with Gasteiger partial charge in [-0.05, 0) is 99.2 Å². The van der Waals surface area contributed by atoms with Crippen molar-refractivity contribution < 1.29 is 4.74 Å². The summed E-state index contributed by atoms with van der Waals surface area (Å²) in [5.74, 6) is 2.40. The zero-order chi connectivity index (χ0) is 31.2. The molecule has 4 nitrogen and oxygen atoms in total. The Morgan fingerprint density at radius 1 is 0.447 bits per heavy atom. The second-order valence-electron chi connectivity index (χ2n) is 11.6. The quantitative estimate of drug-likeness (QED) is 0.192. The highest BCUT2D eigenvalue weighted by atomic mass is 32.1. The lowest BCUT2D eigenvalue weighted by Gasteiger charge is -2.33. The summed E-state index contributed by atoms with van der Waals surface area (Å²) in [6.45, 7) is 0. The molecule has 1 aliphatic heterocycles. The largest absolute Gasteiger partial charge is 0.453 e. The smallest absolute Gasteiger partial charge is 0.173 e. The lowest BCUT2D eigenvalue weighted by molar-refractivity contribution is 0.477. The van der Waals surface area contributed by atoms with Crippen LogP contribution >= 0.6 is 11.5 Å². The van der Waals surface area contributed by atoms with Crippen molar-refractivity contribution in [3.05, 3.63) is 164 Å². The van der Waals surface area contributed by atoms with Gasteiger partial charge in [0.15, 0.2) is 17.3 Å². The Morgan fingerprint density at radius 3 is 1.89 bits per heavy atom. The Labute approximate surface area is 277 Å². The van der Waals surface area contributed by atoms with Gasteiger partial charge in [-0.25, -0.2) is 4.98 Å². The molecule has 1 aliphatic rings. The van der Waals surface area contributed by atoms with E-state index in [0.717, 1.165) is 61.6 Å². The van der Waals surface area contributed by atoms with Crippen LogP contribution in [0.15, 0.2) is 164 Å². The third-order valence-electron chi connectivity index (χ3n) is 8.66. The van der Waals surface area contributed by atoms with E-state index in [9.17, 15) is 0 Å². The molecule has 5 heteroatoms. The molecule has 0 radical (unpaired) electrons. The van der Waals surface area contributed by atoms with Crippen LogP contribution in [0.3, 0.4) is 0 Å². The molecule has 0 unspecified atom stereocenters. The molecule has 0 N–H and O–H groups in total. The van der Waals surface area contributed by atoms with Crippen molar-refractivity contribution in [2.45, 2.75) is 0 Å². The zero-order valence-corrected chi connectivity index (χ0v) is 26.1. The second kappa shape index (κ2) is 11.4. The molecule has 0 saturated heterocycles. The maximum Gasteiger partial charge on any atom is 0.173 e. The van der Waals surface area contributed by atoms with Gasteiger partial charge in [0.2, 0.25) is 0 Å². The van der Waals surface area contributed by atoms with Crippen LogP contribution in [0.1, 0.15) is 0 Å². The van der Waals surface area contributed by atoms with Crippen LogP contribution in [0.4, 0.5) is 17.1 Å². The van der Waals surface area contributed by atoms with Gasteiger partial charge in [0.1, 0.15) is 5.01 Å². The van der Waals surface area contributed by atoms with Crippen molar-refractivity contribution in [3.8, 4) is 55.7 Å². The lowest BCUT2D eigenvalue weighted by atomic mass is 9.99. The van der Waals surface area contributed by atoms with Gasteiger partial charge in [-0.1, -0.05) is 109 Å². The zero-order valence-electron chi connectivity index (χ0n) is 25.2. The third-order valence-corrected chi connectivity index (χ3v) is 9.42. The van der Waals surface area contributed by atoms with E-state index >= 15 is 0 Å². The molecule has 0 fully saturated rings. The van der Waals surface area contributed by atoms with Crippen LogP contribution < -0.4 is 9.64 Å². The number of ether oxygens (including phenoxy) is 1. The Bertz CT molecular complexity index is 2380. The standard InChI is InChI=1S/C42H27N3OS/c1-2-8-28(9-3-1)30-14-16-31(17-15-30)34-22-25-40-38(27-34)45(37-12-6-7-13-39(37)46-40)36-23-20-32(21-24-36)42-43-41(44-47-42)35-19-18-29-10-4-5-11-33(29)26-35/h1-27H. The van der Waals surface area contributed by atoms with Crippen LogP contribution in [0.25, 0.3) is 55.0 Å². The number of benzene rings is 7. The van der Waals surface area contributed by atoms with Crippen LogP contribution in [0.5, 0.6) is 11.5 Å². The normalized spacial score (nSPS) is 12.0. The number of hydrogen-bond acceptors (Lipinski definition) is 5. The molecular weight excluding hydrogens is 595 g/mol. The summed E-state index contributed by atoms with van der Waals surface area (Å²) in [6.07, 6.45) is 0. The predicted molar refractivity (Wildman–Crippen MR) is 194 cm³/mol. The first-order chi connectivity index (χ1) is 23.3. The van der Waals surface area contributed by atoms with E-state index in [1.165, 1.54) is 33.4 Å². The minimum atomic E-state index is 0.750. The molecule has 0 bridgehead atoms. The van der Waals surface area contributed by atoms with Crippen molar-refractivity contribution in [2.75, 3.05) is 4.90 Å². The average molecular weight is 622 g/mol. The second-order valence-corrected chi connectivity index (χ2v) is 12.3. The predicted octanol–water partition coefficient (Wildman–Crippen LogP) is 11.9. The number of hydrogen-bond donors (Lipinski definition) is 0. The number of aromatic nitrogens is 2. The molecular formula is C42H27N3OS. The van der Waals surface area contributed by atoms with Gasteiger partial charge < -0.3 is 9.64 Å². The monoisotopic (exact) mass is 621 g/mol. The minimum absolute atomic E-state index is 0.750. The van der Waals surface area contributed by atoms with Gasteiger partial charge in [0.05, 0.1) is 11.4 Å². The van der Waals surface area contributed by atoms with Crippen molar-refractivity contribution >= 4 is 39.4 Å². The van der Waals surface area contributed by atoms with Crippen molar-refractivity contribution in [1.29, 1.82) is 0 Å². The Balaban J connectivity index is 1.05. The number of para-hydroxylation sites is 2. The fourth-order valence-corrected chi connectivity index (χ4v) is 6.93. The van der Waals surface area contributed by atoms with Crippen LogP contribution in [0, 0.1) is 0 Å². The van der Waals surface area contributed by atoms with Gasteiger partial charge in [-0.3, -0.25) is 0 Å². The van der Waals surface area contributed by atoms with E-state index in [1.54, 1.807) is 0 Å². The van der Waals surface area contributed by atoms with Crippen LogP contribution in [0.2, 0.25) is 0 Å². The van der Waals surface area contributed by atoms with Crippen LogP contribution in [-0.2, 0) is 0 Å².